The number of H-pyrrole nitrogens is 2. The van der Waals surface area contributed by atoms with E-state index in [-0.39, 0.29) is 0 Å². The zero-order chi connectivity index (χ0) is 18.6. The van der Waals surface area contributed by atoms with Gasteiger partial charge in [0.2, 0.25) is 0 Å². The first-order chi connectivity index (χ1) is 12.6. The maximum atomic E-state index is 10.8. The maximum Gasteiger partial charge on any atom is 0.274 e. The van der Waals surface area contributed by atoms with Crippen molar-refractivity contribution in [1.82, 2.24) is 30.6 Å². The van der Waals surface area contributed by atoms with Crippen molar-refractivity contribution in [1.29, 1.82) is 0 Å². The van der Waals surface area contributed by atoms with Crippen molar-refractivity contribution in [3.63, 3.8) is 0 Å². The minimum Gasteiger partial charge on any atom is -0.367 e. The Morgan fingerprint density at radius 1 is 1.31 bits per heavy atom. The second kappa shape index (κ2) is 11.2. The van der Waals surface area contributed by atoms with Gasteiger partial charge >= 0.3 is 0 Å². The van der Waals surface area contributed by atoms with Gasteiger partial charge in [-0.3, -0.25) is 10.1 Å². The lowest BCUT2D eigenvalue weighted by Crippen LogP contribution is -2.29. The number of unbranched alkanes of at least 4 members (excludes halogenated alkanes) is 1. The van der Waals surface area contributed by atoms with E-state index in [1.165, 1.54) is 0 Å². The lowest BCUT2D eigenvalue weighted by Gasteiger charge is -2.11. The molecule has 0 fully saturated rings. The number of thioether (sulfide) groups is 1. The van der Waals surface area contributed by atoms with Crippen molar-refractivity contribution < 1.29 is 4.92 Å². The molecule has 26 heavy (non-hydrogen) atoms. The van der Waals surface area contributed by atoms with Crippen LogP contribution in [-0.4, -0.2) is 43.7 Å². The summed E-state index contributed by atoms with van der Waals surface area (Å²) in [5.41, 5.74) is 3.23. The van der Waals surface area contributed by atoms with Crippen LogP contribution in [0, 0.1) is 17.0 Å². The number of nitrogens with zero attached hydrogens (tertiary/aromatic N) is 3. The summed E-state index contributed by atoms with van der Waals surface area (Å²) in [5, 5.41) is 17.0. The quantitative estimate of drug-likeness (QED) is 0.238. The fraction of sp³-hybridized carbons (Fsp3) is 0.500. The standard InChI is InChI=1S/C16H25N7O2S/c1-13-15(22-12-20-13)10-26-7-6-19-16(9-23(24)25)18-5-3-2-4-14-8-17-11-21-14/h8-9,11-12,18-19H,2-7,10H2,1H3,(H,17,21)(H,20,22)/b16-9+. The van der Waals surface area contributed by atoms with Gasteiger partial charge < -0.3 is 20.6 Å². The van der Waals surface area contributed by atoms with Crippen molar-refractivity contribution in [3.05, 3.63) is 58.1 Å². The van der Waals surface area contributed by atoms with Crippen LogP contribution in [0.5, 0.6) is 0 Å². The summed E-state index contributed by atoms with van der Waals surface area (Å²) in [4.78, 5) is 24.7. The second-order valence-corrected chi connectivity index (χ2v) is 6.85. The molecule has 0 saturated carbocycles. The minimum absolute atomic E-state index is 0.444. The van der Waals surface area contributed by atoms with Gasteiger partial charge in [-0.05, 0) is 26.2 Å². The van der Waals surface area contributed by atoms with Crippen molar-refractivity contribution in [2.24, 2.45) is 0 Å². The van der Waals surface area contributed by atoms with Crippen LogP contribution in [0.3, 0.4) is 0 Å². The molecule has 0 amide bonds. The number of imidazole rings is 2. The molecule has 9 nitrogen and oxygen atoms in total. The number of aromatic amines is 2. The van der Waals surface area contributed by atoms with Crippen LogP contribution in [0.4, 0.5) is 0 Å². The fourth-order valence-electron chi connectivity index (χ4n) is 2.30. The smallest absolute Gasteiger partial charge is 0.274 e. The van der Waals surface area contributed by atoms with Gasteiger partial charge in [-0.15, -0.1) is 0 Å². The molecule has 0 radical (unpaired) electrons. The maximum absolute atomic E-state index is 10.8. The first-order valence-corrected chi connectivity index (χ1v) is 9.67. The number of nitro groups is 1. The first kappa shape index (κ1) is 19.8. The van der Waals surface area contributed by atoms with Crippen LogP contribution < -0.4 is 10.6 Å². The summed E-state index contributed by atoms with van der Waals surface area (Å²) >= 11 is 1.74. The SMILES string of the molecule is Cc1[nH]cnc1CSCCN/C(=C/[N+](=O)[O-])NCCCCc1cnc[nH]1. The van der Waals surface area contributed by atoms with Crippen LogP contribution >= 0.6 is 11.8 Å². The Hall–Kier alpha value is -2.49. The summed E-state index contributed by atoms with van der Waals surface area (Å²) in [6.45, 7) is 3.32. The van der Waals surface area contributed by atoms with E-state index < -0.39 is 4.92 Å². The van der Waals surface area contributed by atoms with E-state index >= 15 is 0 Å². The number of hydrogen-bond acceptors (Lipinski definition) is 7. The zero-order valence-electron chi connectivity index (χ0n) is 14.8. The van der Waals surface area contributed by atoms with Gasteiger partial charge in [-0.25, -0.2) is 9.97 Å². The molecule has 0 atom stereocenters. The summed E-state index contributed by atoms with van der Waals surface area (Å²) in [6.07, 6.45) is 8.99. The molecule has 0 unspecified atom stereocenters. The number of aryl methyl sites for hydroxylation is 2. The van der Waals surface area contributed by atoms with Crippen molar-refractivity contribution in [2.75, 3.05) is 18.8 Å². The molecule has 0 aromatic carbocycles. The van der Waals surface area contributed by atoms with E-state index in [1.807, 2.05) is 13.1 Å². The highest BCUT2D eigenvalue weighted by atomic mass is 32.2. The monoisotopic (exact) mass is 379 g/mol. The van der Waals surface area contributed by atoms with E-state index in [0.29, 0.717) is 18.9 Å². The zero-order valence-corrected chi connectivity index (χ0v) is 15.6. The molecule has 10 heteroatoms. The van der Waals surface area contributed by atoms with Crippen LogP contribution in [0.1, 0.15) is 29.9 Å². The van der Waals surface area contributed by atoms with Crippen molar-refractivity contribution >= 4 is 11.8 Å². The third-order valence-corrected chi connectivity index (χ3v) is 4.68. The lowest BCUT2D eigenvalue weighted by atomic mass is 10.2. The molecule has 0 spiro atoms. The number of hydrogen-bond donors (Lipinski definition) is 4. The number of aromatic nitrogens is 4. The normalized spacial score (nSPS) is 11.5. The summed E-state index contributed by atoms with van der Waals surface area (Å²) in [5.74, 6) is 2.11. The Labute approximate surface area is 156 Å². The van der Waals surface area contributed by atoms with Crippen LogP contribution in [0.2, 0.25) is 0 Å². The highest BCUT2D eigenvalue weighted by molar-refractivity contribution is 7.98. The molecular weight excluding hydrogens is 354 g/mol. The Morgan fingerprint density at radius 3 is 2.85 bits per heavy atom. The average Bonchev–Trinajstić information content (AvgIpc) is 3.25. The lowest BCUT2D eigenvalue weighted by molar-refractivity contribution is -0.404. The third-order valence-electron chi connectivity index (χ3n) is 3.71. The molecule has 2 heterocycles. The minimum atomic E-state index is -0.444. The van der Waals surface area contributed by atoms with E-state index in [2.05, 4.69) is 30.6 Å². The summed E-state index contributed by atoms with van der Waals surface area (Å²) < 4.78 is 0. The van der Waals surface area contributed by atoms with Crippen molar-refractivity contribution in [2.45, 2.75) is 31.9 Å². The molecule has 0 bridgehead atoms. The Balaban J connectivity index is 1.60. The van der Waals surface area contributed by atoms with E-state index in [9.17, 15) is 10.1 Å². The van der Waals surface area contributed by atoms with Gasteiger partial charge in [0.15, 0.2) is 5.82 Å². The molecule has 0 saturated heterocycles. The summed E-state index contributed by atoms with van der Waals surface area (Å²) in [6, 6.07) is 0. The predicted molar refractivity (Wildman–Crippen MR) is 102 cm³/mol. The van der Waals surface area contributed by atoms with E-state index in [1.54, 1.807) is 24.4 Å². The van der Waals surface area contributed by atoms with Gasteiger partial charge in [0, 0.05) is 42.2 Å². The van der Waals surface area contributed by atoms with Gasteiger partial charge in [0.25, 0.3) is 6.20 Å². The van der Waals surface area contributed by atoms with Crippen LogP contribution in [0.25, 0.3) is 0 Å². The Morgan fingerprint density at radius 2 is 2.15 bits per heavy atom. The molecule has 2 aromatic rings. The van der Waals surface area contributed by atoms with Crippen LogP contribution in [0.15, 0.2) is 30.9 Å². The highest BCUT2D eigenvalue weighted by Crippen LogP contribution is 2.11. The second-order valence-electron chi connectivity index (χ2n) is 5.74. The topological polar surface area (TPSA) is 125 Å². The van der Waals surface area contributed by atoms with E-state index in [4.69, 9.17) is 0 Å². The van der Waals surface area contributed by atoms with Gasteiger partial charge in [0.1, 0.15) is 0 Å². The first-order valence-electron chi connectivity index (χ1n) is 8.52. The van der Waals surface area contributed by atoms with Gasteiger partial charge in [-0.2, -0.15) is 11.8 Å². The molecule has 4 N–H and O–H groups in total. The summed E-state index contributed by atoms with van der Waals surface area (Å²) in [7, 11) is 0. The number of nitrogens with one attached hydrogen (secondary N) is 4. The van der Waals surface area contributed by atoms with Gasteiger partial charge in [-0.1, -0.05) is 0 Å². The van der Waals surface area contributed by atoms with E-state index in [0.717, 1.165) is 54.0 Å². The van der Waals surface area contributed by atoms with Gasteiger partial charge in [0.05, 0.1) is 23.3 Å². The molecule has 0 aliphatic heterocycles. The molecule has 2 rings (SSSR count). The molecule has 142 valence electrons. The Bertz CT molecular complexity index is 685. The van der Waals surface area contributed by atoms with Crippen molar-refractivity contribution in [3.8, 4) is 0 Å². The number of rotatable bonds is 13. The molecule has 0 aliphatic rings. The predicted octanol–water partition coefficient (Wildman–Crippen LogP) is 1.95. The highest BCUT2D eigenvalue weighted by Gasteiger charge is 2.04. The molecule has 2 aromatic heterocycles. The molecule has 0 aliphatic carbocycles. The fourth-order valence-corrected chi connectivity index (χ4v) is 3.18. The largest absolute Gasteiger partial charge is 0.367 e. The Kier molecular flexibility index (Phi) is 8.53. The molecular formula is C16H25N7O2S. The third kappa shape index (κ3) is 7.60. The average molecular weight is 379 g/mol. The van der Waals surface area contributed by atoms with Crippen LogP contribution in [-0.2, 0) is 12.2 Å².